The van der Waals surface area contributed by atoms with Crippen molar-refractivity contribution in [3.05, 3.63) is 23.3 Å². The number of aldehydes is 4. The molecule has 166 valence electrons. The molecule has 0 aromatic heterocycles. The molecule has 0 aliphatic rings. The topological polar surface area (TPSA) is 169 Å². The Morgan fingerprint density at radius 2 is 1.37 bits per heavy atom. The van der Waals surface area contributed by atoms with E-state index in [4.69, 9.17) is 10.2 Å². The minimum Gasteiger partial charge on any atom is -0.481 e. The summed E-state index contributed by atoms with van der Waals surface area (Å²) in [6.07, 6.45) is 4.26. The zero-order valence-electron chi connectivity index (χ0n) is 17.0. The van der Waals surface area contributed by atoms with Crippen molar-refractivity contribution < 1.29 is 48.5 Å². The smallest absolute Gasteiger partial charge is 0.316 e. The van der Waals surface area contributed by atoms with Gasteiger partial charge in [-0.25, -0.2) is 0 Å². The standard InChI is InChI=1S/C11H14O6.C9H12O4/c1-3-7(5-12)8(4-10(14)15)9(6-13)11(16)17-2;1-2-7(6-11)8(3-4-10)5-9(12)13/h3,5-6,8-9H,4H2,1-2H3,(H,14,15);2,4,6,8H,3,5H2,1H3,(H,12,13)/b7-3-;7-2-. The van der Waals surface area contributed by atoms with Gasteiger partial charge in [-0.15, -0.1) is 0 Å². The fourth-order valence-corrected chi connectivity index (χ4v) is 2.52. The van der Waals surface area contributed by atoms with E-state index < -0.39 is 42.1 Å². The Bertz CT molecular complexity index is 690. The van der Waals surface area contributed by atoms with Crippen molar-refractivity contribution in [2.45, 2.75) is 33.1 Å². The summed E-state index contributed by atoms with van der Waals surface area (Å²) < 4.78 is 4.40. The number of carbonyl (C=O) groups excluding carboxylic acids is 5. The summed E-state index contributed by atoms with van der Waals surface area (Å²) in [5.41, 5.74) is 0.462. The Balaban J connectivity index is 0. The van der Waals surface area contributed by atoms with E-state index in [2.05, 4.69) is 4.74 Å². The summed E-state index contributed by atoms with van der Waals surface area (Å²) in [4.78, 5) is 74.6. The van der Waals surface area contributed by atoms with Crippen LogP contribution in [0.15, 0.2) is 23.3 Å². The molecule has 0 rings (SSSR count). The van der Waals surface area contributed by atoms with Crippen LogP contribution in [0.25, 0.3) is 0 Å². The van der Waals surface area contributed by atoms with E-state index in [1.54, 1.807) is 6.92 Å². The van der Waals surface area contributed by atoms with Crippen molar-refractivity contribution in [3.8, 4) is 0 Å². The number of ether oxygens (including phenoxy) is 1. The van der Waals surface area contributed by atoms with Gasteiger partial charge in [-0.3, -0.25) is 24.0 Å². The van der Waals surface area contributed by atoms with Gasteiger partial charge in [0.1, 0.15) is 31.1 Å². The number of carbonyl (C=O) groups is 7. The molecule has 30 heavy (non-hydrogen) atoms. The van der Waals surface area contributed by atoms with Crippen LogP contribution in [0.2, 0.25) is 0 Å². The van der Waals surface area contributed by atoms with Crippen molar-refractivity contribution in [3.63, 3.8) is 0 Å². The summed E-state index contributed by atoms with van der Waals surface area (Å²) >= 11 is 0. The zero-order chi connectivity index (χ0) is 23.7. The number of rotatable bonds is 13. The molecule has 0 aromatic rings. The molecular formula is C20H26O10. The maximum absolute atomic E-state index is 11.3. The van der Waals surface area contributed by atoms with Crippen LogP contribution in [0.5, 0.6) is 0 Å². The monoisotopic (exact) mass is 426 g/mol. The molecular weight excluding hydrogens is 400 g/mol. The molecule has 0 bridgehead atoms. The number of carboxylic acid groups (broad SMARTS) is 2. The number of methoxy groups -OCH3 is 1. The first-order valence-corrected chi connectivity index (χ1v) is 8.80. The van der Waals surface area contributed by atoms with Gasteiger partial charge in [-0.05, 0) is 25.0 Å². The van der Waals surface area contributed by atoms with Crippen LogP contribution in [0.4, 0.5) is 0 Å². The maximum atomic E-state index is 11.3. The lowest BCUT2D eigenvalue weighted by atomic mass is 9.84. The Morgan fingerprint density at radius 1 is 0.867 bits per heavy atom. The Hall–Kier alpha value is -3.43. The summed E-state index contributed by atoms with van der Waals surface area (Å²) in [6, 6.07) is 0. The second kappa shape index (κ2) is 16.5. The van der Waals surface area contributed by atoms with Crippen LogP contribution >= 0.6 is 0 Å². The number of hydrogen-bond donors (Lipinski definition) is 2. The van der Waals surface area contributed by atoms with Crippen molar-refractivity contribution in [2.75, 3.05) is 7.11 Å². The fraction of sp³-hybridized carbons (Fsp3) is 0.450. The molecule has 3 unspecified atom stereocenters. The molecule has 0 spiro atoms. The average molecular weight is 426 g/mol. The minimum absolute atomic E-state index is 0.0741. The van der Waals surface area contributed by atoms with Gasteiger partial charge in [0.2, 0.25) is 0 Å². The fourth-order valence-electron chi connectivity index (χ4n) is 2.52. The van der Waals surface area contributed by atoms with Crippen molar-refractivity contribution in [2.24, 2.45) is 17.8 Å². The largest absolute Gasteiger partial charge is 0.481 e. The Kier molecular flexibility index (Phi) is 15.8. The Morgan fingerprint density at radius 3 is 1.67 bits per heavy atom. The van der Waals surface area contributed by atoms with Gasteiger partial charge in [0.05, 0.1) is 20.0 Å². The van der Waals surface area contributed by atoms with E-state index in [9.17, 15) is 33.6 Å². The predicted molar refractivity (Wildman–Crippen MR) is 103 cm³/mol. The lowest BCUT2D eigenvalue weighted by Gasteiger charge is -2.19. The van der Waals surface area contributed by atoms with Gasteiger partial charge in [0, 0.05) is 18.3 Å². The highest BCUT2D eigenvalue weighted by Crippen LogP contribution is 2.23. The van der Waals surface area contributed by atoms with Crippen molar-refractivity contribution in [1.29, 1.82) is 0 Å². The van der Waals surface area contributed by atoms with Crippen LogP contribution in [0, 0.1) is 17.8 Å². The van der Waals surface area contributed by atoms with Crippen LogP contribution in [-0.2, 0) is 38.3 Å². The molecule has 3 atom stereocenters. The lowest BCUT2D eigenvalue weighted by molar-refractivity contribution is -0.149. The highest BCUT2D eigenvalue weighted by atomic mass is 16.5. The molecule has 0 aliphatic heterocycles. The highest BCUT2D eigenvalue weighted by Gasteiger charge is 2.33. The molecule has 0 saturated heterocycles. The van der Waals surface area contributed by atoms with E-state index in [-0.39, 0.29) is 18.4 Å². The summed E-state index contributed by atoms with van der Waals surface area (Å²) in [5.74, 6) is -5.84. The van der Waals surface area contributed by atoms with Gasteiger partial charge in [0.25, 0.3) is 0 Å². The molecule has 0 amide bonds. The molecule has 0 saturated carbocycles. The quantitative estimate of drug-likeness (QED) is 0.188. The predicted octanol–water partition coefficient (Wildman–Crippen LogP) is 1.02. The lowest BCUT2D eigenvalue weighted by Crippen LogP contribution is -2.30. The highest BCUT2D eigenvalue weighted by molar-refractivity contribution is 5.91. The summed E-state index contributed by atoms with van der Waals surface area (Å²) in [5, 5.41) is 17.2. The third-order valence-electron chi connectivity index (χ3n) is 4.09. The molecule has 2 N–H and O–H groups in total. The van der Waals surface area contributed by atoms with Crippen LogP contribution in [0.1, 0.15) is 33.1 Å². The number of hydrogen-bond acceptors (Lipinski definition) is 8. The van der Waals surface area contributed by atoms with Gasteiger partial charge in [0.15, 0.2) is 0 Å². The van der Waals surface area contributed by atoms with Crippen LogP contribution in [-0.4, -0.2) is 60.4 Å². The third kappa shape index (κ3) is 10.8. The van der Waals surface area contributed by atoms with E-state index >= 15 is 0 Å². The summed E-state index contributed by atoms with van der Waals surface area (Å²) in [6.45, 7) is 3.17. The Labute approximate surface area is 173 Å². The SMILES string of the molecule is C/C=C(/C=O)C(CC(=O)O)C(C=O)C(=O)OC.C/C=C(/C=O)C(CC=O)CC(=O)O. The van der Waals surface area contributed by atoms with E-state index in [0.29, 0.717) is 30.7 Å². The number of carboxylic acids is 2. The number of aliphatic carboxylic acids is 2. The molecule has 0 aromatic carbocycles. The van der Waals surface area contributed by atoms with Crippen molar-refractivity contribution >= 4 is 43.1 Å². The second-order valence-corrected chi connectivity index (χ2v) is 5.90. The summed E-state index contributed by atoms with van der Waals surface area (Å²) in [7, 11) is 1.09. The number of allylic oxidation sites excluding steroid dienone is 4. The molecule has 0 fully saturated rings. The van der Waals surface area contributed by atoms with E-state index in [1.807, 2.05) is 0 Å². The van der Waals surface area contributed by atoms with Gasteiger partial charge in [-0.2, -0.15) is 0 Å². The first-order valence-electron chi connectivity index (χ1n) is 8.80. The number of esters is 1. The van der Waals surface area contributed by atoms with Crippen LogP contribution in [0.3, 0.4) is 0 Å². The van der Waals surface area contributed by atoms with Gasteiger partial charge < -0.3 is 24.5 Å². The van der Waals surface area contributed by atoms with E-state index in [0.717, 1.165) is 7.11 Å². The van der Waals surface area contributed by atoms with Crippen molar-refractivity contribution in [1.82, 2.24) is 0 Å². The van der Waals surface area contributed by atoms with E-state index in [1.165, 1.54) is 19.1 Å². The molecule has 0 heterocycles. The average Bonchev–Trinajstić information content (AvgIpc) is 2.69. The molecule has 0 aliphatic carbocycles. The van der Waals surface area contributed by atoms with Crippen LogP contribution < -0.4 is 0 Å². The zero-order valence-corrected chi connectivity index (χ0v) is 17.0. The second-order valence-electron chi connectivity index (χ2n) is 5.90. The normalized spacial score (nSPS) is 14.1. The first-order chi connectivity index (χ1) is 14.2. The first kappa shape index (κ1) is 28.8. The van der Waals surface area contributed by atoms with Gasteiger partial charge in [-0.1, -0.05) is 12.2 Å². The molecule has 0 radical (unpaired) electrons. The third-order valence-corrected chi connectivity index (χ3v) is 4.09. The molecule has 10 nitrogen and oxygen atoms in total. The minimum atomic E-state index is -1.28. The maximum Gasteiger partial charge on any atom is 0.316 e. The molecule has 10 heteroatoms. The van der Waals surface area contributed by atoms with Gasteiger partial charge >= 0.3 is 17.9 Å².